The molecule has 4 N–H and O–H groups in total. The number of oxime groups is 1. The summed E-state index contributed by atoms with van der Waals surface area (Å²) in [6, 6.07) is 0. The zero-order valence-corrected chi connectivity index (χ0v) is 10.6. The summed E-state index contributed by atoms with van der Waals surface area (Å²) in [6.45, 7) is 4.15. The Bertz CT molecular complexity index is 322. The van der Waals surface area contributed by atoms with Gasteiger partial charge in [0.2, 0.25) is 5.91 Å². The molecule has 0 aromatic carbocycles. The Labute approximate surface area is 101 Å². The summed E-state index contributed by atoms with van der Waals surface area (Å²) < 4.78 is 5.21. The Hall–Kier alpha value is -1.30. The van der Waals surface area contributed by atoms with Gasteiger partial charge in [-0.3, -0.25) is 4.79 Å². The number of carbonyl (C=O) groups excluding carboxylic acids is 1. The van der Waals surface area contributed by atoms with Crippen molar-refractivity contribution in [3.8, 4) is 0 Å². The highest BCUT2D eigenvalue weighted by Crippen LogP contribution is 2.41. The molecule has 0 aliphatic heterocycles. The van der Waals surface area contributed by atoms with Crippen molar-refractivity contribution in [3.63, 3.8) is 0 Å². The van der Waals surface area contributed by atoms with Crippen LogP contribution in [0.3, 0.4) is 0 Å². The molecule has 0 aromatic rings. The third-order valence-corrected chi connectivity index (χ3v) is 3.47. The number of nitrogens with one attached hydrogen (secondary N) is 1. The van der Waals surface area contributed by atoms with Crippen molar-refractivity contribution in [2.75, 3.05) is 13.7 Å². The average Bonchev–Trinajstić information content (AvgIpc) is 2.24. The minimum absolute atomic E-state index is 0.00327. The van der Waals surface area contributed by atoms with Gasteiger partial charge in [0.1, 0.15) is 5.41 Å². The van der Waals surface area contributed by atoms with Crippen LogP contribution >= 0.6 is 0 Å². The number of nitrogens with two attached hydrogens (primary N) is 1. The molecule has 1 rings (SSSR count). The smallest absolute Gasteiger partial charge is 0.234 e. The third-order valence-electron chi connectivity index (χ3n) is 3.47. The molecule has 0 aromatic heterocycles. The lowest BCUT2D eigenvalue weighted by molar-refractivity contribution is -0.132. The first-order valence-corrected chi connectivity index (χ1v) is 5.69. The van der Waals surface area contributed by atoms with E-state index in [1.54, 1.807) is 7.11 Å². The summed E-state index contributed by atoms with van der Waals surface area (Å²) in [7, 11) is 1.59. The molecule has 1 fully saturated rings. The Morgan fingerprint density at radius 3 is 2.53 bits per heavy atom. The van der Waals surface area contributed by atoms with E-state index >= 15 is 0 Å². The van der Waals surface area contributed by atoms with Crippen LogP contribution in [0.5, 0.6) is 0 Å². The number of amidine groups is 1. The Morgan fingerprint density at radius 2 is 2.18 bits per heavy atom. The van der Waals surface area contributed by atoms with Gasteiger partial charge in [-0.2, -0.15) is 0 Å². The quantitative estimate of drug-likeness (QED) is 0.282. The van der Waals surface area contributed by atoms with Crippen molar-refractivity contribution in [3.05, 3.63) is 0 Å². The van der Waals surface area contributed by atoms with Gasteiger partial charge in [0.25, 0.3) is 0 Å². The number of amides is 1. The van der Waals surface area contributed by atoms with Gasteiger partial charge in [-0.05, 0) is 26.7 Å². The van der Waals surface area contributed by atoms with E-state index in [4.69, 9.17) is 15.7 Å². The molecule has 0 atom stereocenters. The van der Waals surface area contributed by atoms with Crippen LogP contribution in [0.15, 0.2) is 5.16 Å². The fraction of sp³-hybridized carbons (Fsp3) is 0.818. The molecule has 6 heteroatoms. The van der Waals surface area contributed by atoms with E-state index in [2.05, 4.69) is 10.5 Å². The highest BCUT2D eigenvalue weighted by Gasteiger charge is 2.48. The van der Waals surface area contributed by atoms with Crippen LogP contribution in [0.1, 0.15) is 33.1 Å². The highest BCUT2D eigenvalue weighted by molar-refractivity contribution is 6.07. The summed E-state index contributed by atoms with van der Waals surface area (Å²) in [5.41, 5.74) is 4.35. The van der Waals surface area contributed by atoms with Crippen molar-refractivity contribution < 1.29 is 14.7 Å². The summed E-state index contributed by atoms with van der Waals surface area (Å²) in [5.74, 6) is -0.194. The Morgan fingerprint density at radius 1 is 1.59 bits per heavy atom. The minimum Gasteiger partial charge on any atom is -0.409 e. The molecule has 0 heterocycles. The van der Waals surface area contributed by atoms with Crippen LogP contribution in [-0.2, 0) is 9.53 Å². The molecule has 17 heavy (non-hydrogen) atoms. The molecular formula is C11H21N3O3. The summed E-state index contributed by atoms with van der Waals surface area (Å²) >= 11 is 0. The summed E-state index contributed by atoms with van der Waals surface area (Å²) in [5, 5.41) is 14.5. The topological polar surface area (TPSA) is 96.9 Å². The molecule has 98 valence electrons. The van der Waals surface area contributed by atoms with Crippen LogP contribution in [0.4, 0.5) is 0 Å². The summed E-state index contributed by atoms with van der Waals surface area (Å²) in [6.07, 6.45) is 2.17. The van der Waals surface area contributed by atoms with Gasteiger partial charge >= 0.3 is 0 Å². The molecule has 0 radical (unpaired) electrons. The maximum Gasteiger partial charge on any atom is 0.234 e. The second-order valence-corrected chi connectivity index (χ2v) is 5.07. The van der Waals surface area contributed by atoms with E-state index in [1.165, 1.54) is 0 Å². The molecule has 1 saturated carbocycles. The van der Waals surface area contributed by atoms with Crippen LogP contribution < -0.4 is 11.1 Å². The predicted molar refractivity (Wildman–Crippen MR) is 63.8 cm³/mol. The summed E-state index contributed by atoms with van der Waals surface area (Å²) in [4.78, 5) is 12.1. The molecule has 0 bridgehead atoms. The minimum atomic E-state index is -0.821. The SMILES string of the molecule is COC(C)(C)CNC(=O)C1(C(N)=NO)CCC1. The number of nitrogens with zero attached hydrogens (tertiary/aromatic N) is 1. The molecule has 1 aliphatic rings. The third kappa shape index (κ3) is 2.69. The lowest BCUT2D eigenvalue weighted by Crippen LogP contribution is -2.55. The zero-order chi connectivity index (χ0) is 13.1. The number of hydrogen-bond acceptors (Lipinski definition) is 4. The van der Waals surface area contributed by atoms with Gasteiger partial charge in [-0.1, -0.05) is 11.6 Å². The predicted octanol–water partition coefficient (Wildman–Crippen LogP) is 0.444. The van der Waals surface area contributed by atoms with E-state index in [9.17, 15) is 4.79 Å². The second kappa shape index (κ2) is 4.91. The van der Waals surface area contributed by atoms with Gasteiger partial charge in [0, 0.05) is 13.7 Å². The molecule has 0 spiro atoms. The standard InChI is InChI=1S/C11H21N3O3/c1-10(2,17-3)7-13-9(15)11(5-4-6-11)8(12)14-16/h16H,4-7H2,1-3H3,(H2,12,14)(H,13,15). The number of methoxy groups -OCH3 is 1. The fourth-order valence-corrected chi connectivity index (χ4v) is 1.76. The van der Waals surface area contributed by atoms with Crippen LogP contribution in [-0.4, -0.2) is 36.2 Å². The van der Waals surface area contributed by atoms with Crippen molar-refractivity contribution in [2.45, 2.75) is 38.7 Å². The lowest BCUT2D eigenvalue weighted by Gasteiger charge is -2.39. The molecule has 1 aliphatic carbocycles. The number of rotatable bonds is 5. The van der Waals surface area contributed by atoms with Gasteiger partial charge in [0.15, 0.2) is 5.84 Å². The number of ether oxygens (including phenoxy) is 1. The second-order valence-electron chi connectivity index (χ2n) is 5.07. The van der Waals surface area contributed by atoms with E-state index in [0.717, 1.165) is 6.42 Å². The first-order valence-electron chi connectivity index (χ1n) is 5.69. The first kappa shape index (κ1) is 13.8. The van der Waals surface area contributed by atoms with Crippen molar-refractivity contribution >= 4 is 11.7 Å². The van der Waals surface area contributed by atoms with Gasteiger partial charge in [-0.25, -0.2) is 0 Å². The number of carbonyl (C=O) groups is 1. The van der Waals surface area contributed by atoms with E-state index in [-0.39, 0.29) is 11.7 Å². The maximum atomic E-state index is 12.1. The Kier molecular flexibility index (Phi) is 3.98. The van der Waals surface area contributed by atoms with Gasteiger partial charge in [-0.15, -0.1) is 0 Å². The van der Waals surface area contributed by atoms with E-state index in [0.29, 0.717) is 19.4 Å². The molecular weight excluding hydrogens is 222 g/mol. The molecule has 1 amide bonds. The first-order chi connectivity index (χ1) is 7.88. The van der Waals surface area contributed by atoms with E-state index < -0.39 is 11.0 Å². The van der Waals surface area contributed by atoms with E-state index in [1.807, 2.05) is 13.8 Å². The normalized spacial score (nSPS) is 19.6. The maximum absolute atomic E-state index is 12.1. The fourth-order valence-electron chi connectivity index (χ4n) is 1.76. The molecule has 0 unspecified atom stereocenters. The number of hydrogen-bond donors (Lipinski definition) is 3. The average molecular weight is 243 g/mol. The largest absolute Gasteiger partial charge is 0.409 e. The molecule has 0 saturated heterocycles. The Balaban J connectivity index is 2.63. The van der Waals surface area contributed by atoms with Crippen LogP contribution in [0, 0.1) is 5.41 Å². The van der Waals surface area contributed by atoms with Crippen molar-refractivity contribution in [2.24, 2.45) is 16.3 Å². The molecule has 6 nitrogen and oxygen atoms in total. The lowest BCUT2D eigenvalue weighted by atomic mass is 9.67. The zero-order valence-electron chi connectivity index (χ0n) is 10.6. The van der Waals surface area contributed by atoms with Crippen molar-refractivity contribution in [1.29, 1.82) is 0 Å². The highest BCUT2D eigenvalue weighted by atomic mass is 16.5. The van der Waals surface area contributed by atoms with Crippen LogP contribution in [0.25, 0.3) is 0 Å². The van der Waals surface area contributed by atoms with Crippen molar-refractivity contribution in [1.82, 2.24) is 5.32 Å². The van der Waals surface area contributed by atoms with Crippen LogP contribution in [0.2, 0.25) is 0 Å². The van der Waals surface area contributed by atoms with Gasteiger partial charge < -0.3 is 21.0 Å². The van der Waals surface area contributed by atoms with Gasteiger partial charge in [0.05, 0.1) is 5.60 Å². The monoisotopic (exact) mass is 243 g/mol.